The second-order valence-corrected chi connectivity index (χ2v) is 4.62. The lowest BCUT2D eigenvalue weighted by molar-refractivity contribution is 0.175. The Labute approximate surface area is 68.4 Å². The Morgan fingerprint density at radius 1 is 1.40 bits per heavy atom. The standard InChI is InChI=1S/C8H16ClN/c1-8(2,3)10-5-4-7(9)6-10/h7H,4-6H2,1-3H3/t7-/m0/s1. The van der Waals surface area contributed by atoms with Gasteiger partial charge in [-0.2, -0.15) is 0 Å². The molecule has 1 aliphatic rings. The topological polar surface area (TPSA) is 3.24 Å². The maximum atomic E-state index is 5.97. The van der Waals surface area contributed by atoms with Gasteiger partial charge in [0.2, 0.25) is 0 Å². The van der Waals surface area contributed by atoms with E-state index in [4.69, 9.17) is 11.6 Å². The lowest BCUT2D eigenvalue weighted by Crippen LogP contribution is -2.39. The lowest BCUT2D eigenvalue weighted by atomic mass is 10.1. The third kappa shape index (κ3) is 1.86. The SMILES string of the molecule is CC(C)(C)N1CC[C@H](Cl)C1. The van der Waals surface area contributed by atoms with Crippen molar-refractivity contribution in [2.24, 2.45) is 0 Å². The Bertz CT molecular complexity index is 117. The van der Waals surface area contributed by atoms with Crippen molar-refractivity contribution >= 4 is 11.6 Å². The molecule has 0 aromatic rings. The molecule has 0 N–H and O–H groups in total. The first-order chi connectivity index (χ1) is 4.50. The number of alkyl halides is 1. The summed E-state index contributed by atoms with van der Waals surface area (Å²) in [6.07, 6.45) is 1.15. The van der Waals surface area contributed by atoms with E-state index in [9.17, 15) is 0 Å². The van der Waals surface area contributed by atoms with Gasteiger partial charge in [0.1, 0.15) is 0 Å². The van der Waals surface area contributed by atoms with Gasteiger partial charge in [0.15, 0.2) is 0 Å². The van der Waals surface area contributed by atoms with Crippen molar-refractivity contribution in [3.05, 3.63) is 0 Å². The van der Waals surface area contributed by atoms with Gasteiger partial charge in [-0.05, 0) is 27.2 Å². The van der Waals surface area contributed by atoms with Gasteiger partial charge in [0, 0.05) is 24.0 Å². The minimum Gasteiger partial charge on any atom is -0.297 e. The Balaban J connectivity index is 2.45. The van der Waals surface area contributed by atoms with E-state index in [0.29, 0.717) is 10.9 Å². The van der Waals surface area contributed by atoms with E-state index in [1.807, 2.05) is 0 Å². The summed E-state index contributed by atoms with van der Waals surface area (Å²) < 4.78 is 0. The fourth-order valence-corrected chi connectivity index (χ4v) is 1.59. The fraction of sp³-hybridized carbons (Fsp3) is 1.00. The van der Waals surface area contributed by atoms with Crippen LogP contribution in [0.4, 0.5) is 0 Å². The van der Waals surface area contributed by atoms with Gasteiger partial charge in [0.25, 0.3) is 0 Å². The van der Waals surface area contributed by atoms with Crippen LogP contribution in [0.15, 0.2) is 0 Å². The van der Waals surface area contributed by atoms with E-state index in [1.165, 1.54) is 0 Å². The van der Waals surface area contributed by atoms with Crippen LogP contribution in [0.5, 0.6) is 0 Å². The second-order valence-electron chi connectivity index (χ2n) is 4.00. The molecule has 0 aromatic carbocycles. The Kier molecular flexibility index (Phi) is 2.26. The number of hydrogen-bond donors (Lipinski definition) is 0. The molecule has 1 aliphatic heterocycles. The summed E-state index contributed by atoms with van der Waals surface area (Å²) in [5.41, 5.74) is 0.309. The Morgan fingerprint density at radius 2 is 2.00 bits per heavy atom. The normalized spacial score (nSPS) is 29.4. The first-order valence-electron chi connectivity index (χ1n) is 3.89. The maximum absolute atomic E-state index is 5.97. The van der Waals surface area contributed by atoms with Gasteiger partial charge in [-0.3, -0.25) is 4.90 Å². The van der Waals surface area contributed by atoms with Crippen molar-refractivity contribution in [2.45, 2.75) is 38.1 Å². The zero-order chi connectivity index (χ0) is 7.78. The van der Waals surface area contributed by atoms with Gasteiger partial charge < -0.3 is 0 Å². The first kappa shape index (κ1) is 8.35. The van der Waals surface area contributed by atoms with E-state index in [-0.39, 0.29) is 0 Å². The van der Waals surface area contributed by atoms with Crippen molar-refractivity contribution in [2.75, 3.05) is 13.1 Å². The summed E-state index contributed by atoms with van der Waals surface area (Å²) in [5, 5.41) is 0.388. The summed E-state index contributed by atoms with van der Waals surface area (Å²) in [5.74, 6) is 0. The Hall–Kier alpha value is 0.250. The monoisotopic (exact) mass is 161 g/mol. The molecule has 1 saturated heterocycles. The van der Waals surface area contributed by atoms with Crippen molar-refractivity contribution in [1.82, 2.24) is 4.90 Å². The molecule has 1 atom stereocenters. The molecule has 0 aromatic heterocycles. The predicted octanol–water partition coefficient (Wildman–Crippen LogP) is 2.10. The molecule has 0 amide bonds. The summed E-state index contributed by atoms with van der Waals surface area (Å²) in [4.78, 5) is 2.44. The molecule has 1 nitrogen and oxygen atoms in total. The van der Waals surface area contributed by atoms with Crippen molar-refractivity contribution in [3.8, 4) is 0 Å². The van der Waals surface area contributed by atoms with Crippen LogP contribution in [0.2, 0.25) is 0 Å². The molecule has 2 heteroatoms. The molecule has 0 radical (unpaired) electrons. The highest BCUT2D eigenvalue weighted by Gasteiger charge is 2.28. The molecule has 1 rings (SSSR count). The van der Waals surface area contributed by atoms with Crippen molar-refractivity contribution < 1.29 is 0 Å². The van der Waals surface area contributed by atoms with Crippen LogP contribution >= 0.6 is 11.6 Å². The molecule has 1 heterocycles. The molecular formula is C8H16ClN. The van der Waals surface area contributed by atoms with Crippen LogP contribution in [-0.4, -0.2) is 28.9 Å². The number of hydrogen-bond acceptors (Lipinski definition) is 1. The lowest BCUT2D eigenvalue weighted by Gasteiger charge is -2.31. The number of likely N-dealkylation sites (tertiary alicyclic amines) is 1. The highest BCUT2D eigenvalue weighted by Crippen LogP contribution is 2.22. The van der Waals surface area contributed by atoms with Crippen LogP contribution in [-0.2, 0) is 0 Å². The third-order valence-corrected chi connectivity index (χ3v) is 2.44. The summed E-state index contributed by atoms with van der Waals surface area (Å²) >= 11 is 5.97. The second kappa shape index (κ2) is 2.71. The van der Waals surface area contributed by atoms with Gasteiger partial charge in [-0.1, -0.05) is 0 Å². The zero-order valence-electron chi connectivity index (χ0n) is 7.02. The third-order valence-electron chi connectivity index (χ3n) is 2.08. The maximum Gasteiger partial charge on any atom is 0.0475 e. The molecule has 0 unspecified atom stereocenters. The fourth-order valence-electron chi connectivity index (χ4n) is 1.33. The van der Waals surface area contributed by atoms with Crippen LogP contribution < -0.4 is 0 Å². The molecule has 60 valence electrons. The summed E-state index contributed by atoms with van der Waals surface area (Å²) in [6, 6.07) is 0. The van der Waals surface area contributed by atoms with E-state index in [2.05, 4.69) is 25.7 Å². The van der Waals surface area contributed by atoms with Crippen molar-refractivity contribution in [3.63, 3.8) is 0 Å². The number of halogens is 1. The largest absolute Gasteiger partial charge is 0.297 e. The minimum atomic E-state index is 0.309. The quantitative estimate of drug-likeness (QED) is 0.492. The highest BCUT2D eigenvalue weighted by molar-refractivity contribution is 6.20. The van der Waals surface area contributed by atoms with Crippen LogP contribution in [0.1, 0.15) is 27.2 Å². The van der Waals surface area contributed by atoms with Gasteiger partial charge in [-0.15, -0.1) is 11.6 Å². The van der Waals surface area contributed by atoms with Gasteiger partial charge in [0.05, 0.1) is 0 Å². The summed E-state index contributed by atoms with van der Waals surface area (Å²) in [6.45, 7) is 8.94. The zero-order valence-corrected chi connectivity index (χ0v) is 7.78. The van der Waals surface area contributed by atoms with Gasteiger partial charge in [-0.25, -0.2) is 0 Å². The average Bonchev–Trinajstić information content (AvgIpc) is 2.11. The highest BCUT2D eigenvalue weighted by atomic mass is 35.5. The molecule has 1 fully saturated rings. The minimum absolute atomic E-state index is 0.309. The smallest absolute Gasteiger partial charge is 0.0475 e. The van der Waals surface area contributed by atoms with Crippen LogP contribution in [0.3, 0.4) is 0 Å². The van der Waals surface area contributed by atoms with E-state index in [0.717, 1.165) is 19.5 Å². The summed E-state index contributed by atoms with van der Waals surface area (Å²) in [7, 11) is 0. The van der Waals surface area contributed by atoms with E-state index < -0.39 is 0 Å². The van der Waals surface area contributed by atoms with Crippen LogP contribution in [0, 0.1) is 0 Å². The number of nitrogens with zero attached hydrogens (tertiary/aromatic N) is 1. The average molecular weight is 162 g/mol. The van der Waals surface area contributed by atoms with E-state index in [1.54, 1.807) is 0 Å². The Morgan fingerprint density at radius 3 is 2.20 bits per heavy atom. The molecule has 0 spiro atoms. The number of rotatable bonds is 0. The first-order valence-corrected chi connectivity index (χ1v) is 4.33. The molecular weight excluding hydrogens is 146 g/mol. The molecule has 10 heavy (non-hydrogen) atoms. The van der Waals surface area contributed by atoms with Crippen LogP contribution in [0.25, 0.3) is 0 Å². The molecule has 0 aliphatic carbocycles. The molecule has 0 bridgehead atoms. The predicted molar refractivity (Wildman–Crippen MR) is 45.6 cm³/mol. The van der Waals surface area contributed by atoms with Gasteiger partial charge >= 0.3 is 0 Å². The van der Waals surface area contributed by atoms with E-state index >= 15 is 0 Å². The van der Waals surface area contributed by atoms with Crippen molar-refractivity contribution in [1.29, 1.82) is 0 Å². The molecule has 0 saturated carbocycles.